The maximum Gasteiger partial charge on any atom is 0.140 e. The molecule has 0 atom stereocenters. The van der Waals surface area contributed by atoms with E-state index in [1.807, 2.05) is 18.8 Å². The second-order valence-corrected chi connectivity index (χ2v) is 7.37. The Labute approximate surface area is 127 Å². The van der Waals surface area contributed by atoms with Gasteiger partial charge in [-0.15, -0.1) is 0 Å². The van der Waals surface area contributed by atoms with Crippen LogP contribution in [0.25, 0.3) is 0 Å². The standard InChI is InChI=1S/C16H27N3S/c1-12(2)9-13-10-15(17-3)19-16(18-13)11-20-14-7-5-4-6-8-14/h10,12,14H,4-9,11H2,1-3H3,(H,17,18,19). The Morgan fingerprint density at radius 3 is 2.65 bits per heavy atom. The average Bonchev–Trinajstić information content (AvgIpc) is 2.45. The highest BCUT2D eigenvalue weighted by Crippen LogP contribution is 2.30. The van der Waals surface area contributed by atoms with Gasteiger partial charge in [0.05, 0.1) is 5.75 Å². The van der Waals surface area contributed by atoms with Gasteiger partial charge in [0.25, 0.3) is 0 Å². The van der Waals surface area contributed by atoms with Gasteiger partial charge in [-0.3, -0.25) is 0 Å². The number of rotatable bonds is 6. The summed E-state index contributed by atoms with van der Waals surface area (Å²) < 4.78 is 0. The van der Waals surface area contributed by atoms with Gasteiger partial charge in [-0.05, 0) is 25.2 Å². The van der Waals surface area contributed by atoms with E-state index in [1.165, 1.54) is 37.8 Å². The Kier molecular flexibility index (Phi) is 6.14. The summed E-state index contributed by atoms with van der Waals surface area (Å²) in [6.45, 7) is 4.47. The number of aromatic nitrogens is 2. The van der Waals surface area contributed by atoms with Crippen molar-refractivity contribution in [3.63, 3.8) is 0 Å². The highest BCUT2D eigenvalue weighted by molar-refractivity contribution is 7.99. The van der Waals surface area contributed by atoms with Gasteiger partial charge in [0, 0.05) is 24.1 Å². The molecule has 112 valence electrons. The maximum absolute atomic E-state index is 4.73. The monoisotopic (exact) mass is 293 g/mol. The lowest BCUT2D eigenvalue weighted by molar-refractivity contribution is 0.516. The van der Waals surface area contributed by atoms with Gasteiger partial charge in [-0.1, -0.05) is 33.1 Å². The maximum atomic E-state index is 4.73. The molecular formula is C16H27N3S. The Bertz CT molecular complexity index is 414. The molecule has 3 nitrogen and oxygen atoms in total. The molecule has 0 aliphatic heterocycles. The zero-order chi connectivity index (χ0) is 14.4. The summed E-state index contributed by atoms with van der Waals surface area (Å²) in [4.78, 5) is 9.33. The fourth-order valence-electron chi connectivity index (χ4n) is 2.69. The number of hydrogen-bond acceptors (Lipinski definition) is 4. The number of nitrogens with one attached hydrogen (secondary N) is 1. The fourth-order valence-corrected chi connectivity index (χ4v) is 3.87. The number of nitrogens with zero attached hydrogens (tertiary/aromatic N) is 2. The van der Waals surface area contributed by atoms with Crippen molar-refractivity contribution < 1.29 is 0 Å². The van der Waals surface area contributed by atoms with Gasteiger partial charge < -0.3 is 5.32 Å². The molecule has 1 N–H and O–H groups in total. The van der Waals surface area contributed by atoms with Crippen LogP contribution in [0.1, 0.15) is 57.5 Å². The van der Waals surface area contributed by atoms with Gasteiger partial charge >= 0.3 is 0 Å². The van der Waals surface area contributed by atoms with Gasteiger partial charge in [0.2, 0.25) is 0 Å². The summed E-state index contributed by atoms with van der Waals surface area (Å²) in [6.07, 6.45) is 7.98. The van der Waals surface area contributed by atoms with Gasteiger partial charge in [-0.25, -0.2) is 9.97 Å². The molecule has 0 spiro atoms. The van der Waals surface area contributed by atoms with E-state index in [4.69, 9.17) is 4.98 Å². The van der Waals surface area contributed by atoms with Crippen LogP contribution in [-0.2, 0) is 12.2 Å². The van der Waals surface area contributed by atoms with Crippen molar-refractivity contribution in [2.75, 3.05) is 12.4 Å². The summed E-state index contributed by atoms with van der Waals surface area (Å²) in [6, 6.07) is 2.08. The van der Waals surface area contributed by atoms with E-state index in [0.29, 0.717) is 5.92 Å². The van der Waals surface area contributed by atoms with E-state index in [9.17, 15) is 0 Å². The normalized spacial score (nSPS) is 16.6. The quantitative estimate of drug-likeness (QED) is 0.849. The molecule has 2 rings (SSSR count). The first kappa shape index (κ1) is 15.6. The van der Waals surface area contributed by atoms with Gasteiger partial charge in [-0.2, -0.15) is 11.8 Å². The van der Waals surface area contributed by atoms with Crippen LogP contribution in [0.5, 0.6) is 0 Å². The minimum atomic E-state index is 0.633. The highest BCUT2D eigenvalue weighted by atomic mass is 32.2. The highest BCUT2D eigenvalue weighted by Gasteiger charge is 2.15. The van der Waals surface area contributed by atoms with Crippen LogP contribution in [0.3, 0.4) is 0 Å². The summed E-state index contributed by atoms with van der Waals surface area (Å²) in [7, 11) is 1.93. The van der Waals surface area contributed by atoms with Crippen LogP contribution in [0, 0.1) is 5.92 Å². The van der Waals surface area contributed by atoms with Crippen molar-refractivity contribution >= 4 is 17.6 Å². The zero-order valence-electron chi connectivity index (χ0n) is 13.0. The smallest absolute Gasteiger partial charge is 0.140 e. The topological polar surface area (TPSA) is 37.8 Å². The van der Waals surface area contributed by atoms with Gasteiger partial charge in [0.15, 0.2) is 0 Å². The minimum absolute atomic E-state index is 0.633. The number of hydrogen-bond donors (Lipinski definition) is 1. The zero-order valence-corrected chi connectivity index (χ0v) is 13.8. The first-order valence-electron chi connectivity index (χ1n) is 7.83. The lowest BCUT2D eigenvalue weighted by Crippen LogP contribution is -2.10. The van der Waals surface area contributed by atoms with Gasteiger partial charge in [0.1, 0.15) is 11.6 Å². The van der Waals surface area contributed by atoms with Crippen molar-refractivity contribution in [1.29, 1.82) is 0 Å². The molecule has 0 bridgehead atoms. The third-order valence-corrected chi connectivity index (χ3v) is 5.07. The SMILES string of the molecule is CNc1cc(CC(C)C)nc(CSC2CCCCC2)n1. The van der Waals surface area contributed by atoms with Crippen LogP contribution in [0.2, 0.25) is 0 Å². The van der Waals surface area contributed by atoms with E-state index >= 15 is 0 Å². The van der Waals surface area contributed by atoms with Crippen molar-refractivity contribution in [2.45, 2.75) is 63.4 Å². The third-order valence-electron chi connectivity index (χ3n) is 3.70. The summed E-state index contributed by atoms with van der Waals surface area (Å²) in [5.74, 6) is 3.53. The Balaban J connectivity index is 1.98. The summed E-state index contributed by atoms with van der Waals surface area (Å²) in [5, 5.41) is 3.98. The predicted octanol–water partition coefficient (Wildman–Crippen LogP) is 4.28. The van der Waals surface area contributed by atoms with Crippen molar-refractivity contribution in [1.82, 2.24) is 9.97 Å². The molecule has 1 aliphatic carbocycles. The lowest BCUT2D eigenvalue weighted by atomic mass is 10.0. The molecular weight excluding hydrogens is 266 g/mol. The van der Waals surface area contributed by atoms with Crippen molar-refractivity contribution in [2.24, 2.45) is 5.92 Å². The Hall–Kier alpha value is -0.770. The Morgan fingerprint density at radius 1 is 1.25 bits per heavy atom. The summed E-state index contributed by atoms with van der Waals surface area (Å²) >= 11 is 2.04. The van der Waals surface area contributed by atoms with E-state index in [1.54, 1.807) is 0 Å². The number of anilines is 1. The second kappa shape index (κ2) is 7.87. The molecule has 0 unspecified atom stereocenters. The van der Waals surface area contributed by atoms with Crippen LogP contribution in [-0.4, -0.2) is 22.3 Å². The molecule has 1 aromatic rings. The molecule has 20 heavy (non-hydrogen) atoms. The molecule has 0 amide bonds. The molecule has 1 saturated carbocycles. The lowest BCUT2D eigenvalue weighted by Gasteiger charge is -2.20. The first-order valence-corrected chi connectivity index (χ1v) is 8.88. The molecule has 4 heteroatoms. The van der Waals surface area contributed by atoms with E-state index in [0.717, 1.165) is 29.1 Å². The molecule has 0 saturated heterocycles. The fraction of sp³-hybridized carbons (Fsp3) is 0.750. The Morgan fingerprint density at radius 2 is 2.00 bits per heavy atom. The van der Waals surface area contributed by atoms with Crippen LogP contribution in [0.4, 0.5) is 5.82 Å². The molecule has 0 aromatic carbocycles. The molecule has 1 heterocycles. The van der Waals surface area contributed by atoms with E-state index in [-0.39, 0.29) is 0 Å². The largest absolute Gasteiger partial charge is 0.373 e. The minimum Gasteiger partial charge on any atom is -0.373 e. The van der Waals surface area contributed by atoms with Crippen LogP contribution >= 0.6 is 11.8 Å². The summed E-state index contributed by atoms with van der Waals surface area (Å²) in [5.41, 5.74) is 1.17. The molecule has 1 aromatic heterocycles. The molecule has 1 aliphatic rings. The van der Waals surface area contributed by atoms with Crippen molar-refractivity contribution in [3.8, 4) is 0 Å². The third kappa shape index (κ3) is 4.97. The average molecular weight is 293 g/mol. The predicted molar refractivity (Wildman–Crippen MR) is 88.3 cm³/mol. The van der Waals surface area contributed by atoms with E-state index < -0.39 is 0 Å². The first-order chi connectivity index (χ1) is 9.67. The molecule has 0 radical (unpaired) electrons. The second-order valence-electron chi connectivity index (χ2n) is 6.08. The van der Waals surface area contributed by atoms with Crippen LogP contribution < -0.4 is 5.32 Å². The van der Waals surface area contributed by atoms with Crippen molar-refractivity contribution in [3.05, 3.63) is 17.6 Å². The number of thioether (sulfide) groups is 1. The van der Waals surface area contributed by atoms with Crippen LogP contribution in [0.15, 0.2) is 6.07 Å². The van der Waals surface area contributed by atoms with E-state index in [2.05, 4.69) is 30.2 Å². The molecule has 1 fully saturated rings.